The van der Waals surface area contributed by atoms with E-state index < -0.39 is 53.6 Å². The van der Waals surface area contributed by atoms with E-state index in [9.17, 15) is 33.9 Å². The predicted molar refractivity (Wildman–Crippen MR) is 134 cm³/mol. The molecule has 0 aromatic rings. The van der Waals surface area contributed by atoms with Crippen molar-refractivity contribution in [2.24, 2.45) is 28.6 Å². The Morgan fingerprint density at radius 3 is 2.28 bits per heavy atom. The molecule has 39 heavy (non-hydrogen) atoms. The van der Waals surface area contributed by atoms with Crippen LogP contribution < -0.4 is 0 Å². The Balaban J connectivity index is 1.17. The zero-order valence-corrected chi connectivity index (χ0v) is 22.7. The average Bonchev–Trinajstić information content (AvgIpc) is 3.37. The van der Waals surface area contributed by atoms with Crippen LogP contribution in [0.3, 0.4) is 0 Å². The summed E-state index contributed by atoms with van der Waals surface area (Å²) in [5.74, 6) is -2.31. The molecule has 1 aliphatic heterocycles. The van der Waals surface area contributed by atoms with Crippen molar-refractivity contribution in [2.45, 2.75) is 96.5 Å². The van der Waals surface area contributed by atoms with Crippen LogP contribution in [0.4, 0.5) is 0 Å². The van der Waals surface area contributed by atoms with Gasteiger partial charge in [-0.05, 0) is 74.2 Å². The number of carbonyl (C=O) groups is 6. The number of aliphatic hydroxyl groups is 1. The van der Waals surface area contributed by atoms with Crippen LogP contribution in [-0.2, 0) is 38.3 Å². The van der Waals surface area contributed by atoms with Gasteiger partial charge in [-0.25, -0.2) is 4.79 Å². The fourth-order valence-electron chi connectivity index (χ4n) is 8.38. The van der Waals surface area contributed by atoms with Gasteiger partial charge >= 0.3 is 11.9 Å². The maximum Gasteiger partial charge on any atom is 0.333 e. The van der Waals surface area contributed by atoms with Crippen molar-refractivity contribution in [3.05, 3.63) is 11.6 Å². The van der Waals surface area contributed by atoms with E-state index >= 15 is 0 Å². The summed E-state index contributed by atoms with van der Waals surface area (Å²) in [6.45, 7) is 3.69. The lowest BCUT2D eigenvalue weighted by Crippen LogP contribution is -2.58. The summed E-state index contributed by atoms with van der Waals surface area (Å²) in [6.07, 6.45) is 6.86. The first kappa shape index (κ1) is 27.7. The van der Waals surface area contributed by atoms with Gasteiger partial charge in [-0.3, -0.25) is 24.0 Å². The normalized spacial score (nSPS) is 37.5. The van der Waals surface area contributed by atoms with Gasteiger partial charge in [0.2, 0.25) is 5.78 Å². The van der Waals surface area contributed by atoms with Crippen LogP contribution in [-0.4, -0.2) is 57.7 Å². The lowest BCUT2D eigenvalue weighted by molar-refractivity contribution is -0.197. The monoisotopic (exact) mass is 543 g/mol. The van der Waals surface area contributed by atoms with Crippen LogP contribution in [0, 0.1) is 28.6 Å². The van der Waals surface area contributed by atoms with E-state index in [1.807, 2.05) is 13.0 Å². The zero-order chi connectivity index (χ0) is 28.2. The van der Waals surface area contributed by atoms with E-state index in [1.54, 1.807) is 0 Å². The number of carbonyl (C=O) groups excluding carboxylic acids is 6. The van der Waals surface area contributed by atoms with Crippen LogP contribution >= 0.6 is 0 Å². The van der Waals surface area contributed by atoms with E-state index in [4.69, 9.17) is 9.57 Å². The quantitative estimate of drug-likeness (QED) is 0.378. The third-order valence-electron chi connectivity index (χ3n) is 10.7. The number of fused-ring (bicyclic) bond motifs is 5. The molecule has 0 bridgehead atoms. The van der Waals surface area contributed by atoms with Crippen molar-refractivity contribution < 1.29 is 43.4 Å². The Bertz CT molecular complexity index is 1140. The van der Waals surface area contributed by atoms with Crippen LogP contribution in [0.1, 0.15) is 90.9 Å². The molecule has 3 saturated carbocycles. The molecule has 1 heterocycles. The number of hydrogen-bond acceptors (Lipinski definition) is 9. The smallest absolute Gasteiger partial charge is 0.333 e. The number of ketones is 2. The van der Waals surface area contributed by atoms with Gasteiger partial charge in [0.1, 0.15) is 5.60 Å². The molecule has 10 heteroatoms. The lowest BCUT2D eigenvalue weighted by Gasteiger charge is -2.58. The summed E-state index contributed by atoms with van der Waals surface area (Å²) in [5, 5.41) is 12.1. The molecule has 6 atom stereocenters. The van der Waals surface area contributed by atoms with Crippen molar-refractivity contribution >= 4 is 35.3 Å². The van der Waals surface area contributed by atoms with Gasteiger partial charge < -0.3 is 14.7 Å². The third kappa shape index (κ3) is 4.54. The van der Waals surface area contributed by atoms with Crippen LogP contribution in [0.15, 0.2) is 11.6 Å². The second kappa shape index (κ2) is 9.94. The van der Waals surface area contributed by atoms with Crippen LogP contribution in [0.25, 0.3) is 0 Å². The van der Waals surface area contributed by atoms with Crippen molar-refractivity contribution in [1.82, 2.24) is 5.06 Å². The Labute approximate surface area is 227 Å². The maximum absolute atomic E-state index is 13.3. The summed E-state index contributed by atoms with van der Waals surface area (Å²) in [5.41, 5.74) is -0.965. The molecule has 0 radical (unpaired) electrons. The Kier molecular flexibility index (Phi) is 7.06. The van der Waals surface area contributed by atoms with Gasteiger partial charge in [-0.2, -0.15) is 0 Å². The number of hydroxylamine groups is 2. The lowest BCUT2D eigenvalue weighted by atomic mass is 9.46. The molecule has 1 N–H and O–H groups in total. The number of imide groups is 1. The molecule has 4 fully saturated rings. The summed E-state index contributed by atoms with van der Waals surface area (Å²) < 4.78 is 5.13. The van der Waals surface area contributed by atoms with Crippen molar-refractivity contribution in [1.29, 1.82) is 0 Å². The summed E-state index contributed by atoms with van der Waals surface area (Å²) >= 11 is 0. The Morgan fingerprint density at radius 1 is 0.897 bits per heavy atom. The minimum absolute atomic E-state index is 0.00506. The highest BCUT2D eigenvalue weighted by Gasteiger charge is 2.66. The fourth-order valence-corrected chi connectivity index (χ4v) is 8.38. The third-order valence-corrected chi connectivity index (χ3v) is 10.7. The molecule has 0 aromatic carbocycles. The number of allylic oxidation sites excluding steroid dienone is 1. The topological polar surface area (TPSA) is 144 Å². The summed E-state index contributed by atoms with van der Waals surface area (Å²) in [6, 6.07) is 0. The number of nitrogens with zero attached hydrogens (tertiary/aromatic N) is 1. The van der Waals surface area contributed by atoms with E-state index in [2.05, 4.69) is 6.92 Å². The van der Waals surface area contributed by atoms with E-state index in [-0.39, 0.29) is 36.4 Å². The minimum atomic E-state index is -1.60. The molecule has 4 aliphatic carbocycles. The molecular formula is C29H37NO9. The number of Topliss-reactive ketones (excluding diaryl/α,β-unsaturated/α-hetero) is 1. The van der Waals surface area contributed by atoms with Gasteiger partial charge in [0.25, 0.3) is 11.8 Å². The standard InChI is InChI=1S/C29H37NO9/c1-27-12-9-18(31)15-17(27)3-4-19-20(27)10-13-28(2)21(19)11-14-29(28,37)22(32)16-38-25(35)7-8-26(36)39-30-23(33)5-6-24(30)34/h15,19-21,37H,3-14,16H2,1-2H3/t19-,20+,21+,27+,28+,29+/m1/s1. The van der Waals surface area contributed by atoms with Crippen molar-refractivity contribution in [3.63, 3.8) is 0 Å². The molecule has 2 amide bonds. The zero-order valence-electron chi connectivity index (χ0n) is 22.7. The van der Waals surface area contributed by atoms with Gasteiger partial charge in [0, 0.05) is 24.7 Å². The molecule has 212 valence electrons. The SMILES string of the molecule is C[C@]12CCC(=O)C=C1CC[C@@H]1[C@@H]2CC[C@@]2(C)[C@H]1CC[C@]2(O)C(=O)COC(=O)CCC(=O)ON1C(=O)CCC1=O. The highest BCUT2D eigenvalue weighted by molar-refractivity contribution is 6.01. The molecule has 5 rings (SSSR count). The summed E-state index contributed by atoms with van der Waals surface area (Å²) in [4.78, 5) is 77.4. The molecule has 10 nitrogen and oxygen atoms in total. The first-order chi connectivity index (χ1) is 18.4. The number of amides is 2. The number of hydrogen-bond donors (Lipinski definition) is 1. The molecule has 0 unspecified atom stereocenters. The first-order valence-corrected chi connectivity index (χ1v) is 14.1. The molecule has 1 saturated heterocycles. The second-order valence-corrected chi connectivity index (χ2v) is 12.5. The van der Waals surface area contributed by atoms with Gasteiger partial charge in [-0.15, -0.1) is 5.06 Å². The van der Waals surface area contributed by atoms with Gasteiger partial charge in [0.15, 0.2) is 12.4 Å². The molecular weight excluding hydrogens is 506 g/mol. The predicted octanol–water partition coefficient (Wildman–Crippen LogP) is 2.75. The van der Waals surface area contributed by atoms with Gasteiger partial charge in [0.05, 0.1) is 12.8 Å². The van der Waals surface area contributed by atoms with Gasteiger partial charge in [-0.1, -0.05) is 19.4 Å². The average molecular weight is 544 g/mol. The van der Waals surface area contributed by atoms with Crippen molar-refractivity contribution in [3.8, 4) is 0 Å². The first-order valence-electron chi connectivity index (χ1n) is 14.1. The fraction of sp³-hybridized carbons (Fsp3) is 0.724. The largest absolute Gasteiger partial charge is 0.458 e. The Morgan fingerprint density at radius 2 is 1.56 bits per heavy atom. The van der Waals surface area contributed by atoms with E-state index in [1.165, 1.54) is 5.57 Å². The minimum Gasteiger partial charge on any atom is -0.458 e. The van der Waals surface area contributed by atoms with Crippen molar-refractivity contribution in [2.75, 3.05) is 6.61 Å². The molecule has 0 aromatic heterocycles. The van der Waals surface area contributed by atoms with Crippen LogP contribution in [0.5, 0.6) is 0 Å². The Hall–Kier alpha value is -2.88. The van der Waals surface area contributed by atoms with Crippen LogP contribution in [0.2, 0.25) is 0 Å². The number of rotatable bonds is 7. The maximum atomic E-state index is 13.3. The van der Waals surface area contributed by atoms with E-state index in [0.717, 1.165) is 32.1 Å². The second-order valence-electron chi connectivity index (χ2n) is 12.5. The highest BCUT2D eigenvalue weighted by Crippen LogP contribution is 2.67. The number of ether oxygens (including phenoxy) is 1. The number of esters is 1. The molecule has 5 aliphatic rings. The molecule has 0 spiro atoms. The summed E-state index contributed by atoms with van der Waals surface area (Å²) in [7, 11) is 0. The van der Waals surface area contributed by atoms with E-state index in [0.29, 0.717) is 36.2 Å². The highest BCUT2D eigenvalue weighted by atomic mass is 16.7.